The van der Waals surface area contributed by atoms with Crippen LogP contribution in [0, 0.1) is 11.3 Å². The number of hydrogen-bond donors (Lipinski definition) is 0. The van der Waals surface area contributed by atoms with E-state index in [9.17, 15) is 4.79 Å². The lowest BCUT2D eigenvalue weighted by Crippen LogP contribution is -2.07. The van der Waals surface area contributed by atoms with Crippen molar-refractivity contribution in [3.05, 3.63) is 11.1 Å². The molecule has 0 saturated heterocycles. The predicted octanol–water partition coefficient (Wildman–Crippen LogP) is 3.11. The maximum atomic E-state index is 11.6. The molecule has 0 atom stereocenters. The lowest BCUT2D eigenvalue weighted by atomic mass is 10.0. The Kier molecular flexibility index (Phi) is 5.63. The Morgan fingerprint density at radius 1 is 1.44 bits per heavy atom. The molecule has 3 nitrogen and oxygen atoms in total. The first-order valence-corrected chi connectivity index (χ1v) is 6.04. The van der Waals surface area contributed by atoms with Crippen molar-refractivity contribution >= 4 is 5.97 Å². The molecule has 0 heterocycles. The van der Waals surface area contributed by atoms with Crippen molar-refractivity contribution in [3.8, 4) is 6.07 Å². The summed E-state index contributed by atoms with van der Waals surface area (Å²) in [7, 11) is 0. The molecule has 0 N–H and O–H groups in total. The van der Waals surface area contributed by atoms with Gasteiger partial charge in [-0.1, -0.05) is 5.57 Å². The zero-order valence-electron chi connectivity index (χ0n) is 9.92. The summed E-state index contributed by atoms with van der Waals surface area (Å²) in [6, 6.07) is 2.14. The van der Waals surface area contributed by atoms with Gasteiger partial charge in [0.05, 0.1) is 12.7 Å². The molecule has 1 aliphatic rings. The number of rotatable bonds is 6. The van der Waals surface area contributed by atoms with Gasteiger partial charge in [-0.25, -0.2) is 4.79 Å². The molecular formula is C13H19NO2. The van der Waals surface area contributed by atoms with Gasteiger partial charge in [0, 0.05) is 12.0 Å². The van der Waals surface area contributed by atoms with E-state index in [4.69, 9.17) is 10.00 Å². The van der Waals surface area contributed by atoms with Crippen LogP contribution in [0.1, 0.15) is 51.9 Å². The monoisotopic (exact) mass is 221 g/mol. The first-order chi connectivity index (χ1) is 7.79. The first-order valence-electron chi connectivity index (χ1n) is 6.04. The molecule has 0 aromatic rings. The van der Waals surface area contributed by atoms with Crippen LogP contribution in [-0.4, -0.2) is 12.6 Å². The number of carbonyl (C=O) groups is 1. The van der Waals surface area contributed by atoms with E-state index >= 15 is 0 Å². The minimum Gasteiger partial charge on any atom is -0.463 e. The number of esters is 1. The van der Waals surface area contributed by atoms with E-state index in [0.717, 1.165) is 44.1 Å². The highest BCUT2D eigenvalue weighted by Gasteiger charge is 2.21. The predicted molar refractivity (Wildman–Crippen MR) is 61.6 cm³/mol. The van der Waals surface area contributed by atoms with Crippen molar-refractivity contribution in [1.82, 2.24) is 0 Å². The fraction of sp³-hybridized carbons (Fsp3) is 0.692. The van der Waals surface area contributed by atoms with Crippen LogP contribution in [0.3, 0.4) is 0 Å². The molecule has 0 aliphatic heterocycles. The summed E-state index contributed by atoms with van der Waals surface area (Å²) in [5, 5.41) is 8.43. The second-order valence-electron chi connectivity index (χ2n) is 4.02. The summed E-state index contributed by atoms with van der Waals surface area (Å²) in [6.07, 6.45) is 6.47. The quantitative estimate of drug-likeness (QED) is 0.511. The summed E-state index contributed by atoms with van der Waals surface area (Å²) in [5.41, 5.74) is 2.16. The molecule has 0 bridgehead atoms. The van der Waals surface area contributed by atoms with Crippen LogP contribution >= 0.6 is 0 Å². The van der Waals surface area contributed by atoms with E-state index in [1.807, 2.05) is 6.92 Å². The van der Waals surface area contributed by atoms with Crippen LogP contribution < -0.4 is 0 Å². The number of carbonyl (C=O) groups excluding carboxylic acids is 1. The van der Waals surface area contributed by atoms with Gasteiger partial charge in [0.2, 0.25) is 0 Å². The van der Waals surface area contributed by atoms with Crippen molar-refractivity contribution in [1.29, 1.82) is 5.26 Å². The van der Waals surface area contributed by atoms with E-state index in [0.29, 0.717) is 13.0 Å². The largest absolute Gasteiger partial charge is 0.463 e. The van der Waals surface area contributed by atoms with E-state index in [1.54, 1.807) is 0 Å². The van der Waals surface area contributed by atoms with Gasteiger partial charge in [0.15, 0.2) is 0 Å². The van der Waals surface area contributed by atoms with E-state index in [2.05, 4.69) is 6.07 Å². The Labute approximate surface area is 97.1 Å². The second kappa shape index (κ2) is 7.05. The molecule has 1 aliphatic carbocycles. The standard InChI is InChI=1S/C13H19NO2/c1-2-16-13(15)12-9-6-8-11(12)7-4-3-5-10-14/h2-9H2,1H3. The average Bonchev–Trinajstić information content (AvgIpc) is 2.73. The zero-order valence-corrected chi connectivity index (χ0v) is 9.92. The number of unbranched alkanes of at least 4 members (excludes halogenated alkanes) is 2. The highest BCUT2D eigenvalue weighted by Crippen LogP contribution is 2.30. The summed E-state index contributed by atoms with van der Waals surface area (Å²) in [6.45, 7) is 2.28. The maximum absolute atomic E-state index is 11.6. The third-order valence-electron chi connectivity index (χ3n) is 2.87. The van der Waals surface area contributed by atoms with Gasteiger partial charge in [0.1, 0.15) is 0 Å². The van der Waals surface area contributed by atoms with Crippen LogP contribution in [0.25, 0.3) is 0 Å². The highest BCUT2D eigenvalue weighted by molar-refractivity contribution is 5.89. The van der Waals surface area contributed by atoms with Crippen LogP contribution in [-0.2, 0) is 9.53 Å². The van der Waals surface area contributed by atoms with Gasteiger partial charge in [-0.05, 0) is 45.4 Å². The number of ether oxygens (including phenoxy) is 1. The molecule has 3 heteroatoms. The SMILES string of the molecule is CCOC(=O)C1=C(CCCCC#N)CCC1. The molecule has 0 fully saturated rings. The smallest absolute Gasteiger partial charge is 0.333 e. The first kappa shape index (κ1) is 12.8. The van der Waals surface area contributed by atoms with Gasteiger partial charge in [-0.2, -0.15) is 5.26 Å². The minimum absolute atomic E-state index is 0.129. The number of hydrogen-bond acceptors (Lipinski definition) is 3. The van der Waals surface area contributed by atoms with E-state index in [-0.39, 0.29) is 5.97 Å². The molecule has 88 valence electrons. The van der Waals surface area contributed by atoms with Crippen LogP contribution in [0.2, 0.25) is 0 Å². The van der Waals surface area contributed by atoms with Gasteiger partial charge < -0.3 is 4.74 Å². The average molecular weight is 221 g/mol. The third kappa shape index (κ3) is 3.69. The van der Waals surface area contributed by atoms with Crippen molar-refractivity contribution < 1.29 is 9.53 Å². The fourth-order valence-electron chi connectivity index (χ4n) is 2.09. The Bertz CT molecular complexity index is 312. The summed E-state index contributed by atoms with van der Waals surface area (Å²) >= 11 is 0. The summed E-state index contributed by atoms with van der Waals surface area (Å²) < 4.78 is 5.03. The van der Waals surface area contributed by atoms with E-state index in [1.165, 1.54) is 5.57 Å². The van der Waals surface area contributed by atoms with E-state index < -0.39 is 0 Å². The van der Waals surface area contributed by atoms with Crippen molar-refractivity contribution in [2.75, 3.05) is 6.61 Å². The highest BCUT2D eigenvalue weighted by atomic mass is 16.5. The van der Waals surface area contributed by atoms with Crippen molar-refractivity contribution in [2.24, 2.45) is 0 Å². The normalized spacial score (nSPS) is 15.0. The van der Waals surface area contributed by atoms with Gasteiger partial charge >= 0.3 is 5.97 Å². The molecule has 0 radical (unpaired) electrons. The Hall–Kier alpha value is -1.30. The maximum Gasteiger partial charge on any atom is 0.333 e. The molecule has 0 aromatic heterocycles. The van der Waals surface area contributed by atoms with Crippen LogP contribution in [0.4, 0.5) is 0 Å². The molecule has 0 aromatic carbocycles. The van der Waals surface area contributed by atoms with Crippen LogP contribution in [0.5, 0.6) is 0 Å². The van der Waals surface area contributed by atoms with Gasteiger partial charge in [-0.15, -0.1) is 0 Å². The van der Waals surface area contributed by atoms with Gasteiger partial charge in [-0.3, -0.25) is 0 Å². The molecule has 0 unspecified atom stereocenters. The minimum atomic E-state index is -0.129. The van der Waals surface area contributed by atoms with Crippen LogP contribution in [0.15, 0.2) is 11.1 Å². The molecular weight excluding hydrogens is 202 g/mol. The molecule has 16 heavy (non-hydrogen) atoms. The number of nitriles is 1. The summed E-state index contributed by atoms with van der Waals surface area (Å²) in [4.78, 5) is 11.6. The van der Waals surface area contributed by atoms with Gasteiger partial charge in [0.25, 0.3) is 0 Å². The molecule has 1 rings (SSSR count). The Morgan fingerprint density at radius 2 is 2.25 bits per heavy atom. The summed E-state index contributed by atoms with van der Waals surface area (Å²) in [5.74, 6) is -0.129. The zero-order chi connectivity index (χ0) is 11.8. The van der Waals surface area contributed by atoms with Crippen molar-refractivity contribution in [2.45, 2.75) is 51.9 Å². The fourth-order valence-corrected chi connectivity index (χ4v) is 2.09. The second-order valence-corrected chi connectivity index (χ2v) is 4.02. The number of nitrogens with zero attached hydrogens (tertiary/aromatic N) is 1. The van der Waals surface area contributed by atoms with Crippen molar-refractivity contribution in [3.63, 3.8) is 0 Å². The topological polar surface area (TPSA) is 50.1 Å². The molecule has 0 spiro atoms. The lowest BCUT2D eigenvalue weighted by Gasteiger charge is -2.06. The Morgan fingerprint density at radius 3 is 2.94 bits per heavy atom. The Balaban J connectivity index is 2.45. The third-order valence-corrected chi connectivity index (χ3v) is 2.87. The molecule has 0 saturated carbocycles. The number of allylic oxidation sites excluding steroid dienone is 1. The molecule has 0 amide bonds. The lowest BCUT2D eigenvalue weighted by molar-refractivity contribution is -0.138.